The van der Waals surface area contributed by atoms with Crippen molar-refractivity contribution in [1.82, 2.24) is 0 Å². The monoisotopic (exact) mass is 256 g/mol. The summed E-state index contributed by atoms with van der Waals surface area (Å²) in [6, 6.07) is 16.4. The van der Waals surface area contributed by atoms with Crippen LogP contribution in [-0.2, 0) is 10.5 Å². The molecule has 4 nitrogen and oxygen atoms in total. The van der Waals surface area contributed by atoms with E-state index in [0.717, 1.165) is 11.1 Å². The molecule has 0 atom stereocenters. The molecule has 0 aromatic heterocycles. The molecule has 0 aliphatic carbocycles. The molecule has 0 spiro atoms. The molecule has 2 aromatic carbocycles. The van der Waals surface area contributed by atoms with Crippen LogP contribution >= 0.6 is 0 Å². The summed E-state index contributed by atoms with van der Waals surface area (Å²) in [5, 5.41) is 8.99. The van der Waals surface area contributed by atoms with Crippen molar-refractivity contribution in [3.63, 3.8) is 0 Å². The second-order valence-electron chi connectivity index (χ2n) is 3.52. The number of nitriles is 1. The molecule has 5 heteroatoms. The van der Waals surface area contributed by atoms with Crippen molar-refractivity contribution in [1.29, 1.82) is 5.26 Å². The molecule has 0 radical (unpaired) electrons. The van der Waals surface area contributed by atoms with E-state index in [1.54, 1.807) is 12.1 Å². The Morgan fingerprint density at radius 3 is 2.33 bits per heavy atom. The second-order valence-corrected chi connectivity index (χ2v) is 4.13. The lowest BCUT2D eigenvalue weighted by Gasteiger charge is -2.02. The lowest BCUT2D eigenvalue weighted by molar-refractivity contribution is 0.622. The Morgan fingerprint density at radius 1 is 1.00 bits per heavy atom. The number of hydrogen-bond acceptors (Lipinski definition) is 4. The van der Waals surface area contributed by atoms with Crippen LogP contribution in [-0.4, -0.2) is 8.42 Å². The second kappa shape index (κ2) is 5.25. The van der Waals surface area contributed by atoms with E-state index in [-0.39, 0.29) is 11.3 Å². The van der Waals surface area contributed by atoms with Crippen molar-refractivity contribution in [2.45, 2.75) is 0 Å². The average Bonchev–Trinajstić information content (AvgIpc) is 2.39. The SMILES string of the molecule is N#Cc1cc(-c2ccccc2)ccc1N=S(=O)=O. The van der Waals surface area contributed by atoms with Gasteiger partial charge < -0.3 is 0 Å². The van der Waals surface area contributed by atoms with Crippen LogP contribution in [0.3, 0.4) is 0 Å². The Kier molecular flexibility index (Phi) is 3.51. The van der Waals surface area contributed by atoms with E-state index in [1.807, 2.05) is 36.4 Å². The predicted octanol–water partition coefficient (Wildman–Crippen LogP) is 2.92. The van der Waals surface area contributed by atoms with Gasteiger partial charge in [0, 0.05) is 0 Å². The molecule has 18 heavy (non-hydrogen) atoms. The van der Waals surface area contributed by atoms with Gasteiger partial charge in [-0.2, -0.15) is 13.7 Å². The van der Waals surface area contributed by atoms with E-state index in [1.165, 1.54) is 6.07 Å². The maximum atomic E-state index is 10.5. The lowest BCUT2D eigenvalue weighted by Crippen LogP contribution is -1.81. The third-order valence-corrected chi connectivity index (χ3v) is 2.74. The van der Waals surface area contributed by atoms with Crippen LogP contribution in [0, 0.1) is 11.3 Å². The Bertz CT molecular complexity index is 736. The Morgan fingerprint density at radius 2 is 1.72 bits per heavy atom. The molecule has 0 amide bonds. The molecule has 0 saturated carbocycles. The van der Waals surface area contributed by atoms with E-state index in [0.29, 0.717) is 0 Å². The molecular weight excluding hydrogens is 248 g/mol. The third-order valence-electron chi connectivity index (χ3n) is 2.40. The van der Waals surface area contributed by atoms with Crippen molar-refractivity contribution < 1.29 is 8.42 Å². The summed E-state index contributed by atoms with van der Waals surface area (Å²) < 4.78 is 24.4. The molecule has 0 saturated heterocycles. The van der Waals surface area contributed by atoms with Crippen LogP contribution in [0.15, 0.2) is 52.9 Å². The van der Waals surface area contributed by atoms with E-state index < -0.39 is 10.5 Å². The van der Waals surface area contributed by atoms with E-state index >= 15 is 0 Å². The summed E-state index contributed by atoms with van der Waals surface area (Å²) in [6.45, 7) is 0. The van der Waals surface area contributed by atoms with Gasteiger partial charge in [0.15, 0.2) is 0 Å². The number of hydrogen-bond donors (Lipinski definition) is 0. The summed E-state index contributed by atoms with van der Waals surface area (Å²) in [7, 11) is -2.56. The molecule has 2 rings (SSSR count). The van der Waals surface area contributed by atoms with Gasteiger partial charge in [-0.05, 0) is 23.3 Å². The highest BCUT2D eigenvalue weighted by molar-refractivity contribution is 7.61. The standard InChI is InChI=1S/C13H8N2O2S/c14-9-12-8-11(10-4-2-1-3-5-10)6-7-13(12)15-18(16)17/h1-8H. The maximum Gasteiger partial charge on any atom is 0.316 e. The molecule has 0 aliphatic rings. The Balaban J connectivity index is 2.57. The smallest absolute Gasteiger partial charge is 0.192 e. The van der Waals surface area contributed by atoms with Gasteiger partial charge in [0.2, 0.25) is 0 Å². The average molecular weight is 256 g/mol. The van der Waals surface area contributed by atoms with Crippen molar-refractivity contribution in [2.24, 2.45) is 4.36 Å². The first-order chi connectivity index (χ1) is 8.70. The lowest BCUT2D eigenvalue weighted by atomic mass is 10.0. The molecule has 0 fully saturated rings. The van der Waals surface area contributed by atoms with Gasteiger partial charge in [-0.1, -0.05) is 36.4 Å². The summed E-state index contributed by atoms with van der Waals surface area (Å²) in [6.07, 6.45) is 0. The van der Waals surface area contributed by atoms with Gasteiger partial charge in [-0.25, -0.2) is 0 Å². The molecule has 0 unspecified atom stereocenters. The van der Waals surface area contributed by atoms with Crippen LogP contribution in [0.25, 0.3) is 11.1 Å². The van der Waals surface area contributed by atoms with Crippen molar-refractivity contribution >= 4 is 16.2 Å². The van der Waals surface area contributed by atoms with Gasteiger partial charge in [-0.15, -0.1) is 4.36 Å². The molecular formula is C13H8N2O2S. The van der Waals surface area contributed by atoms with Crippen LogP contribution in [0.5, 0.6) is 0 Å². The minimum Gasteiger partial charge on any atom is -0.192 e. The highest BCUT2D eigenvalue weighted by Gasteiger charge is 2.04. The van der Waals surface area contributed by atoms with Crippen molar-refractivity contribution in [3.05, 3.63) is 54.1 Å². The molecule has 0 bridgehead atoms. The minimum atomic E-state index is -2.56. The van der Waals surface area contributed by atoms with Crippen LogP contribution in [0.2, 0.25) is 0 Å². The van der Waals surface area contributed by atoms with Gasteiger partial charge >= 0.3 is 10.5 Å². The Labute approximate surface area is 106 Å². The number of benzene rings is 2. The van der Waals surface area contributed by atoms with E-state index in [9.17, 15) is 8.42 Å². The minimum absolute atomic E-state index is 0.158. The fourth-order valence-electron chi connectivity index (χ4n) is 1.60. The zero-order valence-corrected chi connectivity index (χ0v) is 10.1. The first-order valence-corrected chi connectivity index (χ1v) is 6.14. The molecule has 0 heterocycles. The van der Waals surface area contributed by atoms with Crippen molar-refractivity contribution in [3.8, 4) is 17.2 Å². The zero-order valence-electron chi connectivity index (χ0n) is 9.24. The summed E-state index contributed by atoms with van der Waals surface area (Å²) in [5.74, 6) is 0. The maximum absolute atomic E-state index is 10.5. The summed E-state index contributed by atoms with van der Waals surface area (Å²) in [4.78, 5) is 0. The highest BCUT2D eigenvalue weighted by Crippen LogP contribution is 2.26. The Hall–Kier alpha value is -2.45. The molecule has 88 valence electrons. The predicted molar refractivity (Wildman–Crippen MR) is 67.6 cm³/mol. The van der Waals surface area contributed by atoms with Gasteiger partial charge in [-0.3, -0.25) is 0 Å². The zero-order chi connectivity index (χ0) is 13.0. The quantitative estimate of drug-likeness (QED) is 0.829. The fourth-order valence-corrected chi connectivity index (χ4v) is 1.92. The highest BCUT2D eigenvalue weighted by atomic mass is 32.2. The molecule has 2 aromatic rings. The van der Waals surface area contributed by atoms with E-state index in [4.69, 9.17) is 5.26 Å². The first-order valence-electron chi connectivity index (χ1n) is 5.11. The van der Waals surface area contributed by atoms with Gasteiger partial charge in [0.1, 0.15) is 6.07 Å². The third kappa shape index (κ3) is 2.62. The number of nitrogens with zero attached hydrogens (tertiary/aromatic N) is 2. The van der Waals surface area contributed by atoms with Crippen LogP contribution in [0.1, 0.15) is 5.56 Å². The topological polar surface area (TPSA) is 70.3 Å². The summed E-state index contributed by atoms with van der Waals surface area (Å²) >= 11 is 0. The summed E-state index contributed by atoms with van der Waals surface area (Å²) in [5.41, 5.74) is 2.21. The number of rotatable bonds is 2. The van der Waals surface area contributed by atoms with Gasteiger partial charge in [0.25, 0.3) is 0 Å². The van der Waals surface area contributed by atoms with Crippen LogP contribution < -0.4 is 0 Å². The van der Waals surface area contributed by atoms with Crippen LogP contribution in [0.4, 0.5) is 5.69 Å². The van der Waals surface area contributed by atoms with Gasteiger partial charge in [0.05, 0.1) is 11.3 Å². The van der Waals surface area contributed by atoms with E-state index in [2.05, 4.69) is 4.36 Å². The fraction of sp³-hybridized carbons (Fsp3) is 0. The normalized spacial score (nSPS) is 9.50. The molecule has 0 N–H and O–H groups in total. The first kappa shape index (κ1) is 12.0. The van der Waals surface area contributed by atoms with Crippen molar-refractivity contribution in [2.75, 3.05) is 0 Å². The molecule has 0 aliphatic heterocycles. The largest absolute Gasteiger partial charge is 0.316 e.